The van der Waals surface area contributed by atoms with Crippen molar-refractivity contribution in [3.05, 3.63) is 23.8 Å². The third kappa shape index (κ3) is 4.69. The summed E-state index contributed by atoms with van der Waals surface area (Å²) in [6.07, 6.45) is 3.05. The van der Waals surface area contributed by atoms with Crippen LogP contribution in [0.15, 0.2) is 18.2 Å². The Labute approximate surface area is 121 Å². The second-order valence-electron chi connectivity index (χ2n) is 5.07. The maximum atomic E-state index is 10.1. The van der Waals surface area contributed by atoms with E-state index in [1.165, 1.54) is 5.56 Å². The van der Waals surface area contributed by atoms with Gasteiger partial charge in [-0.1, -0.05) is 19.9 Å². The van der Waals surface area contributed by atoms with Crippen molar-refractivity contribution in [1.82, 2.24) is 0 Å². The molecule has 0 saturated heterocycles. The molecule has 0 aliphatic rings. The Morgan fingerprint density at radius 1 is 1.25 bits per heavy atom. The van der Waals surface area contributed by atoms with Crippen molar-refractivity contribution < 1.29 is 14.6 Å². The van der Waals surface area contributed by atoms with Gasteiger partial charge < -0.3 is 20.3 Å². The number of nitrogens with two attached hydrogens (primary N) is 1. The average Bonchev–Trinajstić information content (AvgIpc) is 2.51. The smallest absolute Gasteiger partial charge is 0.161 e. The first-order valence-electron chi connectivity index (χ1n) is 7.30. The van der Waals surface area contributed by atoms with Crippen LogP contribution in [0.1, 0.15) is 38.7 Å². The molecule has 0 saturated carbocycles. The molecule has 114 valence electrons. The van der Waals surface area contributed by atoms with Crippen LogP contribution < -0.4 is 15.2 Å². The fraction of sp³-hybridized carbons (Fsp3) is 0.625. The van der Waals surface area contributed by atoms with Crippen LogP contribution in [0.25, 0.3) is 0 Å². The van der Waals surface area contributed by atoms with Gasteiger partial charge in [-0.15, -0.1) is 0 Å². The second kappa shape index (κ2) is 8.12. The summed E-state index contributed by atoms with van der Waals surface area (Å²) in [5.74, 6) is 1.51. The van der Waals surface area contributed by atoms with Crippen molar-refractivity contribution in [3.8, 4) is 11.5 Å². The first kappa shape index (κ1) is 16.8. The standard InChI is InChI=1S/C16H27NO3/c1-4-13-7-8-14(15(11-13)19-3)20-10-6-9-16(18,5-2)12-17/h7-8,11,18H,4-6,9-10,12,17H2,1-3H3. The SMILES string of the molecule is CCc1ccc(OCCCC(O)(CC)CN)c(OC)c1. The molecule has 1 unspecified atom stereocenters. The predicted molar refractivity (Wildman–Crippen MR) is 81.4 cm³/mol. The van der Waals surface area contributed by atoms with E-state index in [0.717, 1.165) is 24.3 Å². The predicted octanol–water partition coefficient (Wildman–Crippen LogP) is 2.52. The van der Waals surface area contributed by atoms with Crippen LogP contribution in [-0.4, -0.2) is 31.0 Å². The van der Waals surface area contributed by atoms with E-state index < -0.39 is 5.60 Å². The molecule has 0 amide bonds. The highest BCUT2D eigenvalue weighted by molar-refractivity contribution is 5.42. The summed E-state index contributed by atoms with van der Waals surface area (Å²) >= 11 is 0. The van der Waals surface area contributed by atoms with Gasteiger partial charge in [0.05, 0.1) is 19.3 Å². The zero-order valence-corrected chi connectivity index (χ0v) is 12.8. The van der Waals surface area contributed by atoms with Gasteiger partial charge in [0.1, 0.15) is 0 Å². The molecule has 0 fully saturated rings. The number of ether oxygens (including phenoxy) is 2. The van der Waals surface area contributed by atoms with Crippen LogP contribution in [-0.2, 0) is 6.42 Å². The Morgan fingerprint density at radius 2 is 2.00 bits per heavy atom. The van der Waals surface area contributed by atoms with E-state index in [4.69, 9.17) is 15.2 Å². The summed E-state index contributed by atoms with van der Waals surface area (Å²) in [6.45, 7) is 4.89. The molecule has 4 nitrogen and oxygen atoms in total. The summed E-state index contributed by atoms with van der Waals surface area (Å²) in [6, 6.07) is 5.98. The van der Waals surface area contributed by atoms with Crippen LogP contribution in [0.5, 0.6) is 11.5 Å². The molecule has 0 bridgehead atoms. The molecular formula is C16H27NO3. The molecule has 0 aromatic heterocycles. The first-order chi connectivity index (χ1) is 9.58. The topological polar surface area (TPSA) is 64.7 Å². The number of aliphatic hydroxyl groups is 1. The van der Waals surface area contributed by atoms with Crippen molar-refractivity contribution in [1.29, 1.82) is 0 Å². The molecule has 0 heterocycles. The highest BCUT2D eigenvalue weighted by atomic mass is 16.5. The lowest BCUT2D eigenvalue weighted by Gasteiger charge is -2.24. The molecule has 20 heavy (non-hydrogen) atoms. The van der Waals surface area contributed by atoms with Gasteiger partial charge >= 0.3 is 0 Å². The molecule has 1 aromatic rings. The lowest BCUT2D eigenvalue weighted by atomic mass is 9.95. The lowest BCUT2D eigenvalue weighted by molar-refractivity contribution is 0.0308. The van der Waals surface area contributed by atoms with Gasteiger partial charge in [0.2, 0.25) is 0 Å². The van der Waals surface area contributed by atoms with Gasteiger partial charge in [-0.25, -0.2) is 0 Å². The minimum Gasteiger partial charge on any atom is -0.493 e. The van der Waals surface area contributed by atoms with Crippen molar-refractivity contribution in [2.75, 3.05) is 20.3 Å². The van der Waals surface area contributed by atoms with Gasteiger partial charge in [-0.2, -0.15) is 0 Å². The fourth-order valence-electron chi connectivity index (χ4n) is 2.06. The summed E-state index contributed by atoms with van der Waals surface area (Å²) in [5, 5.41) is 10.1. The van der Waals surface area contributed by atoms with E-state index in [-0.39, 0.29) is 6.54 Å². The minimum atomic E-state index is -0.764. The van der Waals surface area contributed by atoms with E-state index in [1.54, 1.807) is 7.11 Å². The number of hydrogen-bond donors (Lipinski definition) is 2. The second-order valence-corrected chi connectivity index (χ2v) is 5.07. The van der Waals surface area contributed by atoms with E-state index >= 15 is 0 Å². The number of rotatable bonds is 9. The third-order valence-corrected chi connectivity index (χ3v) is 3.72. The van der Waals surface area contributed by atoms with E-state index in [2.05, 4.69) is 6.92 Å². The molecule has 1 atom stereocenters. The number of aryl methyl sites for hydroxylation is 1. The minimum absolute atomic E-state index is 0.290. The van der Waals surface area contributed by atoms with Crippen molar-refractivity contribution >= 4 is 0 Å². The zero-order valence-electron chi connectivity index (χ0n) is 12.8. The first-order valence-corrected chi connectivity index (χ1v) is 7.30. The zero-order chi connectivity index (χ0) is 15.0. The number of hydrogen-bond acceptors (Lipinski definition) is 4. The molecule has 0 aliphatic carbocycles. The summed E-state index contributed by atoms with van der Waals surface area (Å²) in [7, 11) is 1.64. The Hall–Kier alpha value is -1.26. The molecule has 0 radical (unpaired) electrons. The van der Waals surface area contributed by atoms with E-state index in [9.17, 15) is 5.11 Å². The van der Waals surface area contributed by atoms with Gasteiger partial charge in [-0.05, 0) is 43.4 Å². The average molecular weight is 281 g/mol. The van der Waals surface area contributed by atoms with Gasteiger partial charge in [0.25, 0.3) is 0 Å². The van der Waals surface area contributed by atoms with E-state index in [1.807, 2.05) is 25.1 Å². The summed E-state index contributed by atoms with van der Waals surface area (Å²) < 4.78 is 11.1. The highest BCUT2D eigenvalue weighted by Crippen LogP contribution is 2.28. The van der Waals surface area contributed by atoms with Crippen LogP contribution in [0.3, 0.4) is 0 Å². The van der Waals surface area contributed by atoms with E-state index in [0.29, 0.717) is 19.4 Å². The number of methoxy groups -OCH3 is 1. The molecule has 1 aromatic carbocycles. The third-order valence-electron chi connectivity index (χ3n) is 3.72. The van der Waals surface area contributed by atoms with Crippen molar-refractivity contribution in [3.63, 3.8) is 0 Å². The number of benzene rings is 1. The molecule has 3 N–H and O–H groups in total. The van der Waals surface area contributed by atoms with Crippen LogP contribution in [0, 0.1) is 0 Å². The Kier molecular flexibility index (Phi) is 6.82. The van der Waals surface area contributed by atoms with Gasteiger partial charge in [0.15, 0.2) is 11.5 Å². The Bertz CT molecular complexity index is 403. The van der Waals surface area contributed by atoms with Gasteiger partial charge in [0, 0.05) is 6.54 Å². The monoisotopic (exact) mass is 281 g/mol. The van der Waals surface area contributed by atoms with Crippen LogP contribution in [0.2, 0.25) is 0 Å². The van der Waals surface area contributed by atoms with Crippen molar-refractivity contribution in [2.24, 2.45) is 5.73 Å². The highest BCUT2D eigenvalue weighted by Gasteiger charge is 2.21. The maximum Gasteiger partial charge on any atom is 0.161 e. The maximum absolute atomic E-state index is 10.1. The quantitative estimate of drug-likeness (QED) is 0.683. The Morgan fingerprint density at radius 3 is 2.55 bits per heavy atom. The lowest BCUT2D eigenvalue weighted by Crippen LogP contribution is -2.37. The molecule has 0 aliphatic heterocycles. The van der Waals surface area contributed by atoms with Crippen LogP contribution >= 0.6 is 0 Å². The van der Waals surface area contributed by atoms with Crippen molar-refractivity contribution in [2.45, 2.75) is 45.1 Å². The molecule has 1 rings (SSSR count). The normalized spacial score (nSPS) is 13.8. The summed E-state index contributed by atoms with van der Waals surface area (Å²) in [5.41, 5.74) is 6.03. The molecule has 0 spiro atoms. The largest absolute Gasteiger partial charge is 0.493 e. The summed E-state index contributed by atoms with van der Waals surface area (Å²) in [4.78, 5) is 0. The fourth-order valence-corrected chi connectivity index (χ4v) is 2.06. The molecule has 4 heteroatoms. The molecular weight excluding hydrogens is 254 g/mol. The van der Waals surface area contributed by atoms with Gasteiger partial charge in [-0.3, -0.25) is 0 Å². The van der Waals surface area contributed by atoms with Crippen LogP contribution in [0.4, 0.5) is 0 Å². The Balaban J connectivity index is 2.50.